The predicted molar refractivity (Wildman–Crippen MR) is 94.7 cm³/mol. The smallest absolute Gasteiger partial charge is 0.328 e. The molecular formula is C18H22N4O4. The maximum atomic E-state index is 12.5. The van der Waals surface area contributed by atoms with E-state index < -0.39 is 16.9 Å². The maximum absolute atomic E-state index is 12.5. The van der Waals surface area contributed by atoms with Gasteiger partial charge in [-0.15, -0.1) is 0 Å². The summed E-state index contributed by atoms with van der Waals surface area (Å²) in [5.74, 6) is -0.225. The zero-order valence-electron chi connectivity index (χ0n) is 14.9. The number of H-pyrrole nitrogens is 1. The second kappa shape index (κ2) is 6.87. The number of aliphatic hydroxyl groups is 1. The van der Waals surface area contributed by atoms with Crippen LogP contribution < -0.4 is 11.2 Å². The molecule has 3 rings (SSSR count). The average Bonchev–Trinajstić information content (AvgIpc) is 2.60. The number of amides is 1. The topological polar surface area (TPSA) is 108 Å². The van der Waals surface area contributed by atoms with Crippen LogP contribution >= 0.6 is 0 Å². The molecule has 0 aliphatic carbocycles. The predicted octanol–water partition coefficient (Wildman–Crippen LogP) is 0.0586. The number of hydrogen-bond acceptors (Lipinski definition) is 5. The molecule has 1 aliphatic heterocycles. The molecule has 0 unspecified atom stereocenters. The summed E-state index contributed by atoms with van der Waals surface area (Å²) in [4.78, 5) is 43.8. The molecule has 0 saturated carbocycles. The van der Waals surface area contributed by atoms with Crippen molar-refractivity contribution in [3.8, 4) is 0 Å². The monoisotopic (exact) mass is 358 g/mol. The Labute approximate surface area is 150 Å². The number of aromatic amines is 1. The number of carbonyl (C=O) groups excluding carboxylic acids is 1. The average molecular weight is 358 g/mol. The van der Waals surface area contributed by atoms with Crippen LogP contribution in [0.4, 0.5) is 0 Å². The lowest BCUT2D eigenvalue weighted by atomic mass is 9.87. The van der Waals surface area contributed by atoms with Gasteiger partial charge >= 0.3 is 5.69 Å². The summed E-state index contributed by atoms with van der Waals surface area (Å²) in [6, 6.07) is 3.72. The van der Waals surface area contributed by atoms with E-state index in [1.54, 1.807) is 18.0 Å². The van der Waals surface area contributed by atoms with Crippen LogP contribution in [0, 0.1) is 13.8 Å². The largest absolute Gasteiger partial charge is 0.383 e. The summed E-state index contributed by atoms with van der Waals surface area (Å²) in [5, 5.41) is 10.8. The van der Waals surface area contributed by atoms with Gasteiger partial charge in [0, 0.05) is 31.0 Å². The molecule has 1 saturated heterocycles. The highest BCUT2D eigenvalue weighted by molar-refractivity contribution is 5.76. The highest BCUT2D eigenvalue weighted by Crippen LogP contribution is 2.31. The van der Waals surface area contributed by atoms with Gasteiger partial charge in [0.2, 0.25) is 5.91 Å². The van der Waals surface area contributed by atoms with E-state index in [1.165, 1.54) is 10.8 Å². The van der Waals surface area contributed by atoms with Crippen LogP contribution in [0.1, 0.15) is 29.7 Å². The van der Waals surface area contributed by atoms with E-state index in [0.717, 1.165) is 5.56 Å². The molecular weight excluding hydrogens is 336 g/mol. The second-order valence-corrected chi connectivity index (χ2v) is 6.83. The van der Waals surface area contributed by atoms with Crippen LogP contribution in [0.15, 0.2) is 34.1 Å². The van der Waals surface area contributed by atoms with Crippen molar-refractivity contribution in [3.63, 3.8) is 0 Å². The third-order valence-corrected chi connectivity index (χ3v) is 4.83. The lowest BCUT2D eigenvalue weighted by molar-refractivity contribution is -0.136. The standard InChI is InChI=1S/C18H22N4O4/c1-12-3-4-14(19-9-12)18(26)5-7-21(8-6-18)15(23)11-22-10-13(2)16(24)20-17(22)25/h3-4,9-10,26H,5-8,11H2,1-2H3,(H,20,24,25). The molecule has 2 N–H and O–H groups in total. The van der Waals surface area contributed by atoms with Gasteiger partial charge in [0.15, 0.2) is 0 Å². The number of nitrogens with one attached hydrogen (secondary N) is 1. The van der Waals surface area contributed by atoms with Crippen molar-refractivity contribution in [1.29, 1.82) is 0 Å². The highest BCUT2D eigenvalue weighted by Gasteiger charge is 2.36. The van der Waals surface area contributed by atoms with E-state index in [1.807, 2.05) is 19.1 Å². The minimum Gasteiger partial charge on any atom is -0.383 e. The van der Waals surface area contributed by atoms with Crippen LogP contribution in [-0.4, -0.2) is 43.5 Å². The van der Waals surface area contributed by atoms with Crippen molar-refractivity contribution >= 4 is 5.91 Å². The Hall–Kier alpha value is -2.74. The Kier molecular flexibility index (Phi) is 4.78. The third kappa shape index (κ3) is 3.60. The summed E-state index contributed by atoms with van der Waals surface area (Å²) in [6.07, 6.45) is 3.87. The van der Waals surface area contributed by atoms with E-state index in [0.29, 0.717) is 37.2 Å². The fourth-order valence-corrected chi connectivity index (χ4v) is 3.11. The lowest BCUT2D eigenvalue weighted by Gasteiger charge is -2.37. The zero-order valence-corrected chi connectivity index (χ0v) is 14.9. The van der Waals surface area contributed by atoms with Crippen LogP contribution in [0.2, 0.25) is 0 Å². The van der Waals surface area contributed by atoms with Gasteiger partial charge in [0.25, 0.3) is 5.56 Å². The molecule has 2 aromatic heterocycles. The van der Waals surface area contributed by atoms with Gasteiger partial charge in [-0.1, -0.05) is 6.07 Å². The van der Waals surface area contributed by atoms with E-state index in [9.17, 15) is 19.5 Å². The van der Waals surface area contributed by atoms with Gasteiger partial charge in [-0.2, -0.15) is 0 Å². The van der Waals surface area contributed by atoms with E-state index >= 15 is 0 Å². The summed E-state index contributed by atoms with van der Waals surface area (Å²) >= 11 is 0. The third-order valence-electron chi connectivity index (χ3n) is 4.83. The van der Waals surface area contributed by atoms with Crippen LogP contribution in [0.3, 0.4) is 0 Å². The SMILES string of the molecule is Cc1ccc(C2(O)CCN(C(=O)Cn3cc(C)c(=O)[nH]c3=O)CC2)nc1. The van der Waals surface area contributed by atoms with Gasteiger partial charge in [0.05, 0.1) is 5.69 Å². The molecule has 138 valence electrons. The molecule has 2 aromatic rings. The lowest BCUT2D eigenvalue weighted by Crippen LogP contribution is -2.47. The fraction of sp³-hybridized carbons (Fsp3) is 0.444. The Bertz CT molecular complexity index is 921. The number of aryl methyl sites for hydroxylation is 2. The van der Waals surface area contributed by atoms with Gasteiger partial charge in [-0.25, -0.2) is 4.79 Å². The van der Waals surface area contributed by atoms with Crippen LogP contribution in [-0.2, 0) is 16.9 Å². The van der Waals surface area contributed by atoms with Crippen molar-refractivity contribution in [2.45, 2.75) is 38.8 Å². The van der Waals surface area contributed by atoms with E-state index in [4.69, 9.17) is 0 Å². The van der Waals surface area contributed by atoms with Crippen molar-refractivity contribution in [2.24, 2.45) is 0 Å². The number of carbonyl (C=O) groups is 1. The quantitative estimate of drug-likeness (QED) is 0.806. The Morgan fingerprint density at radius 2 is 1.96 bits per heavy atom. The normalized spacial score (nSPS) is 16.5. The van der Waals surface area contributed by atoms with Gasteiger partial charge in [0.1, 0.15) is 12.1 Å². The Balaban J connectivity index is 1.67. The van der Waals surface area contributed by atoms with Gasteiger partial charge < -0.3 is 10.0 Å². The maximum Gasteiger partial charge on any atom is 0.328 e. The first-order chi connectivity index (χ1) is 12.3. The first kappa shape index (κ1) is 18.1. The summed E-state index contributed by atoms with van der Waals surface area (Å²) in [7, 11) is 0. The highest BCUT2D eigenvalue weighted by atomic mass is 16.3. The molecule has 26 heavy (non-hydrogen) atoms. The second-order valence-electron chi connectivity index (χ2n) is 6.83. The minimum absolute atomic E-state index is 0.141. The first-order valence-electron chi connectivity index (χ1n) is 8.52. The Morgan fingerprint density at radius 3 is 2.58 bits per heavy atom. The molecule has 1 fully saturated rings. The number of nitrogens with zero attached hydrogens (tertiary/aromatic N) is 3. The number of rotatable bonds is 3. The molecule has 0 aromatic carbocycles. The summed E-state index contributed by atoms with van der Waals surface area (Å²) in [6.45, 7) is 4.12. The molecule has 0 bridgehead atoms. The number of likely N-dealkylation sites (tertiary alicyclic amines) is 1. The molecule has 0 radical (unpaired) electrons. The number of hydrogen-bond donors (Lipinski definition) is 2. The Morgan fingerprint density at radius 1 is 1.27 bits per heavy atom. The molecule has 8 nitrogen and oxygen atoms in total. The van der Waals surface area contributed by atoms with Crippen molar-refractivity contribution in [1.82, 2.24) is 19.4 Å². The van der Waals surface area contributed by atoms with Crippen LogP contribution in [0.25, 0.3) is 0 Å². The summed E-state index contributed by atoms with van der Waals surface area (Å²) in [5.41, 5.74) is -0.0978. The number of aromatic nitrogens is 3. The molecule has 0 spiro atoms. The molecule has 1 amide bonds. The summed E-state index contributed by atoms with van der Waals surface area (Å²) < 4.78 is 1.20. The van der Waals surface area contributed by atoms with Crippen molar-refractivity contribution in [3.05, 3.63) is 62.2 Å². The molecule has 1 aliphatic rings. The zero-order chi connectivity index (χ0) is 18.9. The number of piperidine rings is 1. The van der Waals surface area contributed by atoms with Gasteiger partial charge in [-0.3, -0.25) is 24.1 Å². The minimum atomic E-state index is -1.05. The van der Waals surface area contributed by atoms with Crippen molar-refractivity contribution in [2.75, 3.05) is 13.1 Å². The van der Waals surface area contributed by atoms with Crippen LogP contribution in [0.5, 0.6) is 0 Å². The molecule has 0 atom stereocenters. The molecule has 3 heterocycles. The number of pyridine rings is 1. The fourth-order valence-electron chi connectivity index (χ4n) is 3.11. The first-order valence-corrected chi connectivity index (χ1v) is 8.52. The van der Waals surface area contributed by atoms with E-state index in [-0.39, 0.29) is 12.5 Å². The van der Waals surface area contributed by atoms with Gasteiger partial charge in [-0.05, 0) is 38.3 Å². The van der Waals surface area contributed by atoms with Crippen molar-refractivity contribution < 1.29 is 9.90 Å². The van der Waals surface area contributed by atoms with E-state index in [2.05, 4.69) is 9.97 Å². The molecule has 8 heteroatoms.